The van der Waals surface area contributed by atoms with Crippen molar-refractivity contribution in [3.05, 3.63) is 40.6 Å². The van der Waals surface area contributed by atoms with Crippen LogP contribution in [0.4, 0.5) is 5.69 Å². The lowest BCUT2D eigenvalue weighted by molar-refractivity contribution is -0.383. The standard InChI is InChI=1S/C15H16N2O4/c1-11(18)5-2-3-10-21-14-8-7-13(17(19)20)12-6-4-9-16-15(12)14/h4,6-9H,2-3,5,10H2,1H3. The molecule has 6 heteroatoms. The number of unbranched alkanes of at least 4 members (excludes halogenated alkanes) is 1. The molecule has 0 aliphatic heterocycles. The van der Waals surface area contributed by atoms with Crippen LogP contribution in [-0.4, -0.2) is 22.3 Å². The van der Waals surface area contributed by atoms with Gasteiger partial charge < -0.3 is 9.53 Å². The van der Waals surface area contributed by atoms with Gasteiger partial charge in [0, 0.05) is 18.7 Å². The summed E-state index contributed by atoms with van der Waals surface area (Å²) in [6.45, 7) is 2.02. The van der Waals surface area contributed by atoms with E-state index in [1.807, 2.05) is 0 Å². The molecule has 0 unspecified atom stereocenters. The highest BCUT2D eigenvalue weighted by Gasteiger charge is 2.15. The number of hydrogen-bond acceptors (Lipinski definition) is 5. The van der Waals surface area contributed by atoms with Gasteiger partial charge in [0.15, 0.2) is 0 Å². The van der Waals surface area contributed by atoms with Crippen LogP contribution < -0.4 is 4.74 Å². The van der Waals surface area contributed by atoms with Gasteiger partial charge in [0.25, 0.3) is 5.69 Å². The van der Waals surface area contributed by atoms with Crippen LogP contribution in [0.5, 0.6) is 5.75 Å². The van der Waals surface area contributed by atoms with E-state index in [-0.39, 0.29) is 11.5 Å². The number of fused-ring (bicyclic) bond motifs is 1. The third kappa shape index (κ3) is 3.75. The van der Waals surface area contributed by atoms with E-state index in [0.29, 0.717) is 29.7 Å². The number of benzene rings is 1. The zero-order valence-electron chi connectivity index (χ0n) is 11.7. The molecule has 2 rings (SSSR count). The van der Waals surface area contributed by atoms with Crippen molar-refractivity contribution in [2.45, 2.75) is 26.2 Å². The van der Waals surface area contributed by atoms with Crippen molar-refractivity contribution in [3.8, 4) is 5.75 Å². The number of ketones is 1. The molecule has 0 fully saturated rings. The molecule has 0 N–H and O–H groups in total. The molecule has 0 radical (unpaired) electrons. The van der Waals surface area contributed by atoms with Crippen LogP contribution in [-0.2, 0) is 4.79 Å². The third-order valence-corrected chi connectivity index (χ3v) is 3.09. The molecule has 21 heavy (non-hydrogen) atoms. The van der Waals surface area contributed by atoms with Gasteiger partial charge in [-0.05, 0) is 38.0 Å². The van der Waals surface area contributed by atoms with Gasteiger partial charge in [0.1, 0.15) is 17.0 Å². The normalized spacial score (nSPS) is 10.5. The first-order valence-electron chi connectivity index (χ1n) is 6.74. The van der Waals surface area contributed by atoms with E-state index >= 15 is 0 Å². The van der Waals surface area contributed by atoms with Crippen molar-refractivity contribution < 1.29 is 14.5 Å². The Hall–Kier alpha value is -2.50. The summed E-state index contributed by atoms with van der Waals surface area (Å²) in [6, 6.07) is 6.31. The first-order valence-corrected chi connectivity index (χ1v) is 6.74. The summed E-state index contributed by atoms with van der Waals surface area (Å²) in [7, 11) is 0. The van der Waals surface area contributed by atoms with Crippen LogP contribution in [0.25, 0.3) is 10.9 Å². The van der Waals surface area contributed by atoms with Gasteiger partial charge in [-0.25, -0.2) is 0 Å². The summed E-state index contributed by atoms with van der Waals surface area (Å²) in [5.74, 6) is 0.691. The number of aromatic nitrogens is 1. The Balaban J connectivity index is 2.12. The number of Topliss-reactive ketones (excluding diaryl/α,β-unsaturated/α-hetero) is 1. The monoisotopic (exact) mass is 288 g/mol. The van der Waals surface area contributed by atoms with Gasteiger partial charge in [-0.1, -0.05) is 0 Å². The number of pyridine rings is 1. The Bertz CT molecular complexity index is 670. The summed E-state index contributed by atoms with van der Waals surface area (Å²) in [4.78, 5) is 25.6. The fourth-order valence-corrected chi connectivity index (χ4v) is 2.07. The SMILES string of the molecule is CC(=O)CCCCOc1ccc([N+](=O)[O-])c2cccnc12. The highest BCUT2D eigenvalue weighted by Crippen LogP contribution is 2.31. The highest BCUT2D eigenvalue weighted by molar-refractivity contribution is 5.92. The second kappa shape index (κ2) is 6.78. The van der Waals surface area contributed by atoms with Crippen LogP contribution in [0.1, 0.15) is 26.2 Å². The second-order valence-electron chi connectivity index (χ2n) is 4.75. The lowest BCUT2D eigenvalue weighted by atomic mass is 10.1. The molecule has 6 nitrogen and oxygen atoms in total. The van der Waals surface area contributed by atoms with Crippen molar-refractivity contribution >= 4 is 22.4 Å². The number of non-ortho nitro benzene ring substituents is 1. The summed E-state index contributed by atoms with van der Waals surface area (Å²) in [5, 5.41) is 11.5. The maximum absolute atomic E-state index is 11.0. The number of nitro groups is 1. The average Bonchev–Trinajstić information content (AvgIpc) is 2.46. The number of carbonyl (C=O) groups is 1. The summed E-state index contributed by atoms with van der Waals surface area (Å²) >= 11 is 0. The van der Waals surface area contributed by atoms with E-state index in [4.69, 9.17) is 4.74 Å². The van der Waals surface area contributed by atoms with E-state index in [1.165, 1.54) is 6.07 Å². The van der Waals surface area contributed by atoms with Crippen molar-refractivity contribution in [1.29, 1.82) is 0 Å². The first kappa shape index (κ1) is 14.9. The summed E-state index contributed by atoms with van der Waals surface area (Å²) < 4.78 is 5.64. The number of ether oxygens (including phenoxy) is 1. The summed E-state index contributed by atoms with van der Waals surface area (Å²) in [6.07, 6.45) is 3.65. The maximum atomic E-state index is 11.0. The minimum Gasteiger partial charge on any atom is -0.491 e. The largest absolute Gasteiger partial charge is 0.491 e. The molecule has 0 amide bonds. The van der Waals surface area contributed by atoms with E-state index in [2.05, 4.69) is 4.98 Å². The van der Waals surface area contributed by atoms with Gasteiger partial charge in [-0.15, -0.1) is 0 Å². The molecule has 0 spiro atoms. The van der Waals surface area contributed by atoms with Gasteiger partial charge in [0.2, 0.25) is 0 Å². The Morgan fingerprint density at radius 3 is 2.86 bits per heavy atom. The number of rotatable bonds is 7. The van der Waals surface area contributed by atoms with Crippen molar-refractivity contribution in [3.63, 3.8) is 0 Å². The van der Waals surface area contributed by atoms with Crippen LogP contribution in [0.2, 0.25) is 0 Å². The van der Waals surface area contributed by atoms with Crippen LogP contribution in [0, 0.1) is 10.1 Å². The number of carbonyl (C=O) groups excluding carboxylic acids is 1. The molecule has 110 valence electrons. The molecule has 0 atom stereocenters. The molecular formula is C15H16N2O4. The quantitative estimate of drug-likeness (QED) is 0.443. The molecule has 0 saturated carbocycles. The van der Waals surface area contributed by atoms with E-state index in [0.717, 1.165) is 12.8 Å². The topological polar surface area (TPSA) is 82.3 Å². The molecule has 1 heterocycles. The molecule has 0 aliphatic carbocycles. The average molecular weight is 288 g/mol. The zero-order valence-corrected chi connectivity index (χ0v) is 11.7. The molecule has 0 saturated heterocycles. The molecule has 0 aliphatic rings. The second-order valence-corrected chi connectivity index (χ2v) is 4.75. The highest BCUT2D eigenvalue weighted by atomic mass is 16.6. The first-order chi connectivity index (χ1) is 10.1. The molecule has 0 bridgehead atoms. The molecule has 2 aromatic rings. The van der Waals surface area contributed by atoms with Gasteiger partial charge in [-0.3, -0.25) is 15.1 Å². The van der Waals surface area contributed by atoms with Crippen LogP contribution in [0.3, 0.4) is 0 Å². The van der Waals surface area contributed by atoms with E-state index in [1.54, 1.807) is 31.3 Å². The molecule has 1 aromatic carbocycles. The maximum Gasteiger partial charge on any atom is 0.279 e. The predicted molar refractivity (Wildman–Crippen MR) is 78.4 cm³/mol. The van der Waals surface area contributed by atoms with Crippen molar-refractivity contribution in [1.82, 2.24) is 4.98 Å². The number of hydrogen-bond donors (Lipinski definition) is 0. The molecular weight excluding hydrogens is 272 g/mol. The molecule has 1 aromatic heterocycles. The van der Waals surface area contributed by atoms with E-state index in [9.17, 15) is 14.9 Å². The fourth-order valence-electron chi connectivity index (χ4n) is 2.07. The van der Waals surface area contributed by atoms with Crippen molar-refractivity contribution in [2.24, 2.45) is 0 Å². The van der Waals surface area contributed by atoms with Gasteiger partial charge >= 0.3 is 0 Å². The van der Waals surface area contributed by atoms with Crippen molar-refractivity contribution in [2.75, 3.05) is 6.61 Å². The minimum absolute atomic E-state index is 0.0158. The third-order valence-electron chi connectivity index (χ3n) is 3.09. The number of nitro benzene ring substituents is 1. The number of nitrogens with zero attached hydrogens (tertiary/aromatic N) is 2. The van der Waals surface area contributed by atoms with Gasteiger partial charge in [-0.2, -0.15) is 0 Å². The van der Waals surface area contributed by atoms with Crippen LogP contribution >= 0.6 is 0 Å². The Kier molecular flexibility index (Phi) is 4.81. The smallest absolute Gasteiger partial charge is 0.279 e. The lowest BCUT2D eigenvalue weighted by Gasteiger charge is -2.08. The van der Waals surface area contributed by atoms with Crippen LogP contribution in [0.15, 0.2) is 30.5 Å². The zero-order chi connectivity index (χ0) is 15.2. The Morgan fingerprint density at radius 1 is 1.33 bits per heavy atom. The fraction of sp³-hybridized carbons (Fsp3) is 0.333. The Labute approximate surface area is 121 Å². The Morgan fingerprint density at radius 2 is 2.14 bits per heavy atom. The van der Waals surface area contributed by atoms with Gasteiger partial charge in [0.05, 0.1) is 16.9 Å². The summed E-state index contributed by atoms with van der Waals surface area (Å²) in [5.41, 5.74) is 0.500. The lowest BCUT2D eigenvalue weighted by Crippen LogP contribution is -2.01. The predicted octanol–water partition coefficient (Wildman–Crippen LogP) is 3.28. The minimum atomic E-state index is -0.430. The van der Waals surface area contributed by atoms with E-state index < -0.39 is 4.92 Å².